The van der Waals surface area contributed by atoms with Crippen LogP contribution in [-0.4, -0.2) is 21.0 Å². The lowest BCUT2D eigenvalue weighted by Crippen LogP contribution is -2.23. The Balaban J connectivity index is 1.99. The van der Waals surface area contributed by atoms with Gasteiger partial charge in [-0.3, -0.25) is 9.78 Å². The van der Waals surface area contributed by atoms with E-state index in [1.54, 1.807) is 25.3 Å². The fourth-order valence-corrected chi connectivity index (χ4v) is 1.40. The summed E-state index contributed by atoms with van der Waals surface area (Å²) in [5.74, 6) is 0.672. The number of aryl methyl sites for hydroxylation is 1. The van der Waals surface area contributed by atoms with Crippen LogP contribution in [0.2, 0.25) is 0 Å². The summed E-state index contributed by atoms with van der Waals surface area (Å²) in [6.45, 7) is 2.20. The predicted molar refractivity (Wildman–Crippen MR) is 62.3 cm³/mol. The zero-order chi connectivity index (χ0) is 13.0. The standard InChI is InChI=1S/C11H13N5O2/c1-7-15-10(18-16-7)6-14-11(17)8-2-3-13-9(4-8)5-12/h2-4H,5-6,12H2,1H3,(H,14,17). The number of pyridine rings is 1. The quantitative estimate of drug-likeness (QED) is 0.797. The molecule has 2 aromatic heterocycles. The van der Waals surface area contributed by atoms with Crippen LogP contribution in [0.4, 0.5) is 0 Å². The van der Waals surface area contributed by atoms with Gasteiger partial charge in [0.05, 0.1) is 12.2 Å². The van der Waals surface area contributed by atoms with Crippen LogP contribution in [0.15, 0.2) is 22.9 Å². The van der Waals surface area contributed by atoms with Crippen LogP contribution in [0.25, 0.3) is 0 Å². The van der Waals surface area contributed by atoms with Crippen molar-refractivity contribution in [3.05, 3.63) is 41.3 Å². The molecule has 0 unspecified atom stereocenters. The van der Waals surface area contributed by atoms with Gasteiger partial charge in [0.2, 0.25) is 5.89 Å². The van der Waals surface area contributed by atoms with Gasteiger partial charge in [-0.25, -0.2) is 0 Å². The molecule has 7 nitrogen and oxygen atoms in total. The highest BCUT2D eigenvalue weighted by molar-refractivity contribution is 5.94. The predicted octanol–water partition coefficient (Wildman–Crippen LogP) is 0.162. The van der Waals surface area contributed by atoms with Crippen molar-refractivity contribution in [1.29, 1.82) is 0 Å². The smallest absolute Gasteiger partial charge is 0.251 e. The minimum Gasteiger partial charge on any atom is -0.343 e. The van der Waals surface area contributed by atoms with Crippen LogP contribution in [0, 0.1) is 6.92 Å². The normalized spacial score (nSPS) is 10.3. The van der Waals surface area contributed by atoms with Gasteiger partial charge in [-0.1, -0.05) is 5.16 Å². The summed E-state index contributed by atoms with van der Waals surface area (Å²) in [7, 11) is 0. The van der Waals surface area contributed by atoms with Crippen LogP contribution in [-0.2, 0) is 13.1 Å². The van der Waals surface area contributed by atoms with E-state index in [1.165, 1.54) is 0 Å². The first-order valence-corrected chi connectivity index (χ1v) is 5.41. The third kappa shape index (κ3) is 2.89. The number of amides is 1. The minimum absolute atomic E-state index is 0.194. The third-order valence-electron chi connectivity index (χ3n) is 2.26. The summed E-state index contributed by atoms with van der Waals surface area (Å²) in [6.07, 6.45) is 1.55. The molecule has 0 atom stereocenters. The summed E-state index contributed by atoms with van der Waals surface area (Å²) in [5, 5.41) is 6.31. The van der Waals surface area contributed by atoms with Crippen molar-refractivity contribution in [2.24, 2.45) is 5.73 Å². The van der Waals surface area contributed by atoms with E-state index in [2.05, 4.69) is 20.4 Å². The molecule has 0 fully saturated rings. The second-order valence-corrected chi connectivity index (χ2v) is 3.66. The van der Waals surface area contributed by atoms with Gasteiger partial charge in [0.15, 0.2) is 5.82 Å². The molecule has 7 heteroatoms. The molecule has 2 rings (SSSR count). The number of aromatic nitrogens is 3. The average Bonchev–Trinajstić information content (AvgIpc) is 2.82. The molecular formula is C11H13N5O2. The van der Waals surface area contributed by atoms with Crippen LogP contribution in [0.3, 0.4) is 0 Å². The molecule has 0 radical (unpaired) electrons. The molecular weight excluding hydrogens is 234 g/mol. The minimum atomic E-state index is -0.233. The highest BCUT2D eigenvalue weighted by Crippen LogP contribution is 2.02. The van der Waals surface area contributed by atoms with Crippen molar-refractivity contribution >= 4 is 5.91 Å². The van der Waals surface area contributed by atoms with Crippen LogP contribution >= 0.6 is 0 Å². The van der Waals surface area contributed by atoms with Gasteiger partial charge in [-0.05, 0) is 19.1 Å². The Labute approximate surface area is 103 Å². The molecule has 2 heterocycles. The number of carbonyl (C=O) groups excluding carboxylic acids is 1. The second kappa shape index (κ2) is 5.37. The number of nitrogens with one attached hydrogen (secondary N) is 1. The topological polar surface area (TPSA) is 107 Å². The monoisotopic (exact) mass is 247 g/mol. The molecule has 0 saturated carbocycles. The number of nitrogens with two attached hydrogens (primary N) is 1. The van der Waals surface area contributed by atoms with Gasteiger partial charge in [0.1, 0.15) is 0 Å². The van der Waals surface area contributed by atoms with Gasteiger partial charge < -0.3 is 15.6 Å². The summed E-state index contributed by atoms with van der Waals surface area (Å²) >= 11 is 0. The van der Waals surface area contributed by atoms with Crippen molar-refractivity contribution in [2.75, 3.05) is 0 Å². The Bertz CT molecular complexity index is 552. The SMILES string of the molecule is Cc1noc(CNC(=O)c2ccnc(CN)c2)n1. The molecule has 3 N–H and O–H groups in total. The van der Waals surface area contributed by atoms with E-state index in [0.29, 0.717) is 29.5 Å². The maximum Gasteiger partial charge on any atom is 0.251 e. The maximum absolute atomic E-state index is 11.8. The lowest BCUT2D eigenvalue weighted by atomic mass is 10.2. The molecule has 0 saturated heterocycles. The zero-order valence-electron chi connectivity index (χ0n) is 9.88. The summed E-state index contributed by atoms with van der Waals surface area (Å²) in [4.78, 5) is 19.8. The number of hydrogen-bond acceptors (Lipinski definition) is 6. The van der Waals surface area contributed by atoms with E-state index < -0.39 is 0 Å². The van der Waals surface area contributed by atoms with Gasteiger partial charge in [0, 0.05) is 18.3 Å². The largest absolute Gasteiger partial charge is 0.343 e. The van der Waals surface area contributed by atoms with Crippen molar-refractivity contribution < 1.29 is 9.32 Å². The fourth-order valence-electron chi connectivity index (χ4n) is 1.40. The van der Waals surface area contributed by atoms with Crippen molar-refractivity contribution in [2.45, 2.75) is 20.0 Å². The van der Waals surface area contributed by atoms with E-state index in [4.69, 9.17) is 10.3 Å². The van der Waals surface area contributed by atoms with Crippen LogP contribution < -0.4 is 11.1 Å². The van der Waals surface area contributed by atoms with E-state index in [-0.39, 0.29) is 12.5 Å². The molecule has 0 aliphatic heterocycles. The Hall–Kier alpha value is -2.28. The van der Waals surface area contributed by atoms with Crippen molar-refractivity contribution in [1.82, 2.24) is 20.4 Å². The number of carbonyl (C=O) groups is 1. The van der Waals surface area contributed by atoms with E-state index >= 15 is 0 Å². The Morgan fingerprint density at radius 1 is 1.56 bits per heavy atom. The van der Waals surface area contributed by atoms with Crippen LogP contribution in [0.5, 0.6) is 0 Å². The van der Waals surface area contributed by atoms with Gasteiger partial charge in [0.25, 0.3) is 5.91 Å². The molecule has 0 spiro atoms. The summed E-state index contributed by atoms with van der Waals surface area (Å²) in [6, 6.07) is 3.27. The molecule has 0 aromatic carbocycles. The highest BCUT2D eigenvalue weighted by atomic mass is 16.5. The number of hydrogen-bond donors (Lipinski definition) is 2. The lowest BCUT2D eigenvalue weighted by Gasteiger charge is -2.03. The first-order valence-electron chi connectivity index (χ1n) is 5.41. The Morgan fingerprint density at radius 3 is 3.06 bits per heavy atom. The van der Waals surface area contributed by atoms with Crippen LogP contribution in [0.1, 0.15) is 27.8 Å². The zero-order valence-corrected chi connectivity index (χ0v) is 9.88. The Kier molecular flexibility index (Phi) is 3.63. The van der Waals surface area contributed by atoms with Gasteiger partial charge in [-0.15, -0.1) is 0 Å². The molecule has 0 aliphatic carbocycles. The molecule has 1 amide bonds. The van der Waals surface area contributed by atoms with Gasteiger partial charge in [-0.2, -0.15) is 4.98 Å². The Morgan fingerprint density at radius 2 is 2.39 bits per heavy atom. The maximum atomic E-state index is 11.8. The molecule has 2 aromatic rings. The van der Waals surface area contributed by atoms with E-state index in [9.17, 15) is 4.79 Å². The highest BCUT2D eigenvalue weighted by Gasteiger charge is 2.08. The third-order valence-corrected chi connectivity index (χ3v) is 2.26. The van der Waals surface area contributed by atoms with Gasteiger partial charge >= 0.3 is 0 Å². The fraction of sp³-hybridized carbons (Fsp3) is 0.273. The first-order chi connectivity index (χ1) is 8.69. The van der Waals surface area contributed by atoms with E-state index in [0.717, 1.165) is 0 Å². The molecule has 0 bridgehead atoms. The summed E-state index contributed by atoms with van der Waals surface area (Å²) < 4.78 is 4.89. The van der Waals surface area contributed by atoms with Crippen molar-refractivity contribution in [3.8, 4) is 0 Å². The second-order valence-electron chi connectivity index (χ2n) is 3.66. The molecule has 94 valence electrons. The summed E-state index contributed by atoms with van der Waals surface area (Å²) in [5.41, 5.74) is 6.62. The number of nitrogens with zero attached hydrogens (tertiary/aromatic N) is 3. The molecule has 18 heavy (non-hydrogen) atoms. The average molecular weight is 247 g/mol. The van der Waals surface area contributed by atoms with Crippen molar-refractivity contribution in [3.63, 3.8) is 0 Å². The van der Waals surface area contributed by atoms with E-state index in [1.807, 2.05) is 0 Å². The molecule has 0 aliphatic rings. The number of rotatable bonds is 4. The first kappa shape index (κ1) is 12.2. The lowest BCUT2D eigenvalue weighted by molar-refractivity contribution is 0.0946.